The van der Waals surface area contributed by atoms with E-state index in [-0.39, 0.29) is 24.2 Å². The highest BCUT2D eigenvalue weighted by molar-refractivity contribution is 7.91. The number of hydrogen-bond donors (Lipinski definition) is 1. The minimum Gasteiger partial charge on any atom is -0.492 e. The van der Waals surface area contributed by atoms with Crippen molar-refractivity contribution in [3.63, 3.8) is 0 Å². The van der Waals surface area contributed by atoms with Gasteiger partial charge in [0.2, 0.25) is 0 Å². The molecule has 0 aliphatic rings. The predicted octanol–water partition coefficient (Wildman–Crippen LogP) is 1.52. The van der Waals surface area contributed by atoms with Gasteiger partial charge >= 0.3 is 0 Å². The molecule has 5 heteroatoms. The van der Waals surface area contributed by atoms with E-state index in [0.717, 1.165) is 5.56 Å². The lowest BCUT2D eigenvalue weighted by Crippen LogP contribution is -2.16. The highest BCUT2D eigenvalue weighted by Crippen LogP contribution is 2.22. The molecule has 0 heterocycles. The Bertz CT molecular complexity index is 455. The summed E-state index contributed by atoms with van der Waals surface area (Å²) in [4.78, 5) is 0. The topological polar surface area (TPSA) is 69.4 Å². The smallest absolute Gasteiger partial charge is 0.153 e. The summed E-state index contributed by atoms with van der Waals surface area (Å²) in [5.41, 5.74) is 6.69. The summed E-state index contributed by atoms with van der Waals surface area (Å²) in [7, 11) is -2.98. The number of ether oxygens (including phenoxy) is 1. The van der Waals surface area contributed by atoms with Crippen molar-refractivity contribution in [3.05, 3.63) is 29.8 Å². The molecule has 1 atom stereocenters. The van der Waals surface area contributed by atoms with Crippen LogP contribution in [0.25, 0.3) is 0 Å². The molecule has 17 heavy (non-hydrogen) atoms. The fraction of sp³-hybridized carbons (Fsp3) is 0.500. The number of benzene rings is 1. The Labute approximate surface area is 103 Å². The molecule has 96 valence electrons. The molecule has 0 radical (unpaired) electrons. The molecule has 1 rings (SSSR count). The molecule has 0 aliphatic heterocycles. The fourth-order valence-electron chi connectivity index (χ4n) is 1.41. The quantitative estimate of drug-likeness (QED) is 0.839. The van der Waals surface area contributed by atoms with Crippen LogP contribution in [0.4, 0.5) is 0 Å². The van der Waals surface area contributed by atoms with Gasteiger partial charge in [-0.3, -0.25) is 0 Å². The summed E-state index contributed by atoms with van der Waals surface area (Å²) in [5, 5.41) is 0. The van der Waals surface area contributed by atoms with Gasteiger partial charge in [-0.1, -0.05) is 25.1 Å². The minimum absolute atomic E-state index is 0.0385. The first-order valence-corrected chi connectivity index (χ1v) is 7.46. The Morgan fingerprint density at radius 3 is 2.59 bits per heavy atom. The van der Waals surface area contributed by atoms with Gasteiger partial charge in [-0.25, -0.2) is 8.42 Å². The number of nitrogens with two attached hydrogens (primary N) is 1. The SMILES string of the molecule is CCS(=O)(=O)CCOc1ccccc1[C@@H](C)N. The molecule has 0 spiro atoms. The summed E-state index contributed by atoms with van der Waals surface area (Å²) in [6.45, 7) is 3.66. The summed E-state index contributed by atoms with van der Waals surface area (Å²) < 4.78 is 28.1. The van der Waals surface area contributed by atoms with E-state index in [1.165, 1.54) is 0 Å². The van der Waals surface area contributed by atoms with Crippen LogP contribution in [0.5, 0.6) is 5.75 Å². The van der Waals surface area contributed by atoms with Crippen molar-refractivity contribution in [1.82, 2.24) is 0 Å². The summed E-state index contributed by atoms with van der Waals surface area (Å²) in [6, 6.07) is 7.28. The summed E-state index contributed by atoms with van der Waals surface area (Å²) >= 11 is 0. The monoisotopic (exact) mass is 257 g/mol. The van der Waals surface area contributed by atoms with Crippen LogP contribution in [0.2, 0.25) is 0 Å². The zero-order valence-corrected chi connectivity index (χ0v) is 11.0. The van der Waals surface area contributed by atoms with Crippen molar-refractivity contribution in [2.45, 2.75) is 19.9 Å². The van der Waals surface area contributed by atoms with Gasteiger partial charge in [-0.15, -0.1) is 0 Å². The molecule has 1 aromatic rings. The minimum atomic E-state index is -2.98. The van der Waals surface area contributed by atoms with Crippen LogP contribution in [-0.4, -0.2) is 26.5 Å². The van der Waals surface area contributed by atoms with Gasteiger partial charge in [0, 0.05) is 17.4 Å². The molecule has 2 N–H and O–H groups in total. The van der Waals surface area contributed by atoms with Gasteiger partial charge in [0.15, 0.2) is 9.84 Å². The van der Waals surface area contributed by atoms with E-state index >= 15 is 0 Å². The number of hydrogen-bond acceptors (Lipinski definition) is 4. The van der Waals surface area contributed by atoms with E-state index in [2.05, 4.69) is 0 Å². The number of sulfone groups is 1. The van der Waals surface area contributed by atoms with Crippen LogP contribution in [0, 0.1) is 0 Å². The Kier molecular flexibility index (Phi) is 4.96. The molecule has 0 aromatic heterocycles. The second kappa shape index (κ2) is 6.02. The summed E-state index contributed by atoms with van der Waals surface area (Å²) in [5.74, 6) is 0.844. The zero-order valence-electron chi connectivity index (χ0n) is 10.2. The predicted molar refractivity (Wildman–Crippen MR) is 68.9 cm³/mol. The van der Waals surface area contributed by atoms with Crippen molar-refractivity contribution in [2.24, 2.45) is 5.73 Å². The molecule has 0 saturated carbocycles. The van der Waals surface area contributed by atoms with E-state index in [0.29, 0.717) is 5.75 Å². The first kappa shape index (κ1) is 14.0. The average Bonchev–Trinajstić information content (AvgIpc) is 2.29. The van der Waals surface area contributed by atoms with Gasteiger partial charge in [-0.2, -0.15) is 0 Å². The van der Waals surface area contributed by atoms with Crippen molar-refractivity contribution in [2.75, 3.05) is 18.1 Å². The van der Waals surface area contributed by atoms with Crippen molar-refractivity contribution < 1.29 is 13.2 Å². The van der Waals surface area contributed by atoms with Crippen LogP contribution < -0.4 is 10.5 Å². The average molecular weight is 257 g/mol. The van der Waals surface area contributed by atoms with E-state index in [1.54, 1.807) is 13.0 Å². The first-order valence-electron chi connectivity index (χ1n) is 5.64. The molecule has 0 aliphatic carbocycles. The van der Waals surface area contributed by atoms with Crippen molar-refractivity contribution in [1.29, 1.82) is 0 Å². The molecule has 0 bridgehead atoms. The lowest BCUT2D eigenvalue weighted by atomic mass is 10.1. The van der Waals surface area contributed by atoms with E-state index in [9.17, 15) is 8.42 Å². The maximum atomic E-state index is 11.3. The van der Waals surface area contributed by atoms with Crippen LogP contribution in [0.3, 0.4) is 0 Å². The summed E-state index contributed by atoms with van der Waals surface area (Å²) in [6.07, 6.45) is 0. The molecule has 0 saturated heterocycles. The van der Waals surface area contributed by atoms with E-state index in [1.807, 2.05) is 25.1 Å². The maximum Gasteiger partial charge on any atom is 0.153 e. The van der Waals surface area contributed by atoms with Gasteiger partial charge in [-0.05, 0) is 13.0 Å². The standard InChI is InChI=1S/C12H19NO3S/c1-3-17(14,15)9-8-16-12-7-5-4-6-11(12)10(2)13/h4-7,10H,3,8-9,13H2,1-2H3/t10-/m1/s1. The van der Waals surface area contributed by atoms with Crippen LogP contribution >= 0.6 is 0 Å². The third-order valence-corrected chi connectivity index (χ3v) is 4.17. The third-order valence-electron chi connectivity index (χ3n) is 2.50. The van der Waals surface area contributed by atoms with Crippen LogP contribution in [0.15, 0.2) is 24.3 Å². The largest absolute Gasteiger partial charge is 0.492 e. The fourth-order valence-corrected chi connectivity index (χ4v) is 2.04. The van der Waals surface area contributed by atoms with E-state index < -0.39 is 9.84 Å². The second-order valence-electron chi connectivity index (χ2n) is 3.91. The molecule has 0 unspecified atom stereocenters. The van der Waals surface area contributed by atoms with Crippen molar-refractivity contribution in [3.8, 4) is 5.75 Å². The van der Waals surface area contributed by atoms with E-state index in [4.69, 9.17) is 10.5 Å². The zero-order chi connectivity index (χ0) is 12.9. The second-order valence-corrected chi connectivity index (χ2v) is 6.38. The van der Waals surface area contributed by atoms with Crippen molar-refractivity contribution >= 4 is 9.84 Å². The lowest BCUT2D eigenvalue weighted by Gasteiger charge is -2.13. The number of para-hydroxylation sites is 1. The molecule has 4 nitrogen and oxygen atoms in total. The maximum absolute atomic E-state index is 11.3. The van der Waals surface area contributed by atoms with Gasteiger partial charge in [0.1, 0.15) is 12.4 Å². The molecular weight excluding hydrogens is 238 g/mol. The molecule has 1 aromatic carbocycles. The first-order chi connectivity index (χ1) is 7.96. The highest BCUT2D eigenvalue weighted by Gasteiger charge is 2.10. The molecule has 0 fully saturated rings. The Morgan fingerprint density at radius 2 is 2.00 bits per heavy atom. The van der Waals surface area contributed by atoms with Crippen LogP contribution in [0.1, 0.15) is 25.5 Å². The Hall–Kier alpha value is -1.07. The number of rotatable bonds is 6. The van der Waals surface area contributed by atoms with Gasteiger partial charge in [0.05, 0.1) is 5.75 Å². The molecule has 0 amide bonds. The Balaban J connectivity index is 2.64. The lowest BCUT2D eigenvalue weighted by molar-refractivity contribution is 0.335. The molecular formula is C12H19NO3S. The third kappa shape index (κ3) is 4.36. The van der Waals surface area contributed by atoms with Crippen LogP contribution in [-0.2, 0) is 9.84 Å². The highest BCUT2D eigenvalue weighted by atomic mass is 32.2. The van der Waals surface area contributed by atoms with Gasteiger partial charge < -0.3 is 10.5 Å². The normalized spacial score (nSPS) is 13.4. The Morgan fingerprint density at radius 1 is 1.35 bits per heavy atom. The van der Waals surface area contributed by atoms with Gasteiger partial charge in [0.25, 0.3) is 0 Å².